The van der Waals surface area contributed by atoms with Crippen molar-refractivity contribution in [3.8, 4) is 11.5 Å². The number of imide groups is 1. The van der Waals surface area contributed by atoms with Crippen molar-refractivity contribution in [3.63, 3.8) is 0 Å². The highest BCUT2D eigenvalue weighted by Gasteiger charge is 2.49. The van der Waals surface area contributed by atoms with Crippen LogP contribution >= 0.6 is 0 Å². The first-order chi connectivity index (χ1) is 13.7. The van der Waals surface area contributed by atoms with E-state index in [-0.39, 0.29) is 29.1 Å². The average molecular weight is 392 g/mol. The first-order valence-corrected chi connectivity index (χ1v) is 10.5. The highest BCUT2D eigenvalue weighted by atomic mass is 16.5. The van der Waals surface area contributed by atoms with Crippen LogP contribution in [0.15, 0.2) is 48.5 Å². The standard InChI is InChI=1S/C25H29NO3/c1-16-5-14-21-22(15-16)24(28)26(23(21)27)18-8-12-20(13-9-18)29-19-10-6-17(7-11-19)25(2,3)4/h6-13,16,21-22H,5,14-15H2,1-4H3. The van der Waals surface area contributed by atoms with E-state index < -0.39 is 0 Å². The fourth-order valence-electron chi connectivity index (χ4n) is 4.47. The van der Waals surface area contributed by atoms with Crippen LogP contribution in [-0.2, 0) is 15.0 Å². The van der Waals surface area contributed by atoms with Crippen LogP contribution in [0.2, 0.25) is 0 Å². The molecule has 1 aliphatic carbocycles. The molecule has 2 aromatic carbocycles. The fourth-order valence-corrected chi connectivity index (χ4v) is 4.47. The van der Waals surface area contributed by atoms with Gasteiger partial charge in [0.15, 0.2) is 0 Å². The van der Waals surface area contributed by atoms with E-state index in [0.29, 0.717) is 17.4 Å². The molecular formula is C25H29NO3. The number of amides is 2. The molecule has 0 radical (unpaired) electrons. The quantitative estimate of drug-likeness (QED) is 0.630. The van der Waals surface area contributed by atoms with E-state index in [9.17, 15) is 9.59 Å². The summed E-state index contributed by atoms with van der Waals surface area (Å²) in [6, 6.07) is 15.3. The van der Waals surface area contributed by atoms with Crippen LogP contribution < -0.4 is 9.64 Å². The number of ether oxygens (including phenoxy) is 1. The maximum atomic E-state index is 12.9. The van der Waals surface area contributed by atoms with Gasteiger partial charge in [-0.3, -0.25) is 14.5 Å². The van der Waals surface area contributed by atoms with E-state index in [2.05, 4.69) is 39.8 Å². The average Bonchev–Trinajstić information content (AvgIpc) is 2.92. The largest absolute Gasteiger partial charge is 0.457 e. The van der Waals surface area contributed by atoms with Gasteiger partial charge in [-0.15, -0.1) is 0 Å². The summed E-state index contributed by atoms with van der Waals surface area (Å²) in [6.07, 6.45) is 2.66. The minimum absolute atomic E-state index is 0.0432. The molecule has 0 N–H and O–H groups in total. The first-order valence-electron chi connectivity index (χ1n) is 10.5. The van der Waals surface area contributed by atoms with Crippen LogP contribution in [-0.4, -0.2) is 11.8 Å². The molecule has 1 saturated carbocycles. The third kappa shape index (κ3) is 3.81. The summed E-state index contributed by atoms with van der Waals surface area (Å²) in [5.74, 6) is 1.57. The zero-order valence-corrected chi connectivity index (χ0v) is 17.6. The summed E-state index contributed by atoms with van der Waals surface area (Å²) in [5.41, 5.74) is 1.99. The molecule has 0 bridgehead atoms. The van der Waals surface area contributed by atoms with Crippen LogP contribution in [0.5, 0.6) is 11.5 Å². The highest BCUT2D eigenvalue weighted by molar-refractivity contribution is 6.22. The molecule has 29 heavy (non-hydrogen) atoms. The Labute approximate surface area is 172 Å². The van der Waals surface area contributed by atoms with Gasteiger partial charge in [-0.25, -0.2) is 0 Å². The van der Waals surface area contributed by atoms with Crippen LogP contribution in [0.3, 0.4) is 0 Å². The Hall–Kier alpha value is -2.62. The van der Waals surface area contributed by atoms with E-state index in [1.54, 1.807) is 12.1 Å². The van der Waals surface area contributed by atoms with Crippen LogP contribution in [0, 0.1) is 17.8 Å². The van der Waals surface area contributed by atoms with Crippen molar-refractivity contribution in [1.82, 2.24) is 0 Å². The maximum Gasteiger partial charge on any atom is 0.237 e. The normalized spacial score (nSPS) is 24.6. The first kappa shape index (κ1) is 19.7. The molecule has 2 amide bonds. The van der Waals surface area contributed by atoms with Crippen molar-refractivity contribution < 1.29 is 14.3 Å². The number of benzene rings is 2. The lowest BCUT2D eigenvalue weighted by Crippen LogP contribution is -2.30. The van der Waals surface area contributed by atoms with Gasteiger partial charge in [-0.05, 0) is 72.6 Å². The molecule has 3 atom stereocenters. The molecule has 0 aromatic heterocycles. The van der Waals surface area contributed by atoms with Crippen LogP contribution in [0.1, 0.15) is 52.5 Å². The second-order valence-electron chi connectivity index (χ2n) is 9.51. The van der Waals surface area contributed by atoms with Crippen molar-refractivity contribution in [3.05, 3.63) is 54.1 Å². The summed E-state index contributed by atoms with van der Waals surface area (Å²) >= 11 is 0. The Kier molecular flexibility index (Phi) is 4.97. The fraction of sp³-hybridized carbons (Fsp3) is 0.440. The summed E-state index contributed by atoms with van der Waals surface area (Å²) < 4.78 is 5.94. The Balaban J connectivity index is 1.48. The molecule has 1 saturated heterocycles. The Bertz CT molecular complexity index is 909. The van der Waals surface area contributed by atoms with Gasteiger partial charge in [-0.1, -0.05) is 39.8 Å². The minimum Gasteiger partial charge on any atom is -0.457 e. The lowest BCUT2D eigenvalue weighted by Gasteiger charge is -2.25. The second-order valence-corrected chi connectivity index (χ2v) is 9.51. The van der Waals surface area contributed by atoms with Gasteiger partial charge < -0.3 is 4.74 Å². The molecule has 0 spiro atoms. The highest BCUT2D eigenvalue weighted by Crippen LogP contribution is 2.42. The van der Waals surface area contributed by atoms with Crippen molar-refractivity contribution >= 4 is 17.5 Å². The lowest BCUT2D eigenvalue weighted by atomic mass is 9.76. The maximum absolute atomic E-state index is 12.9. The molecule has 4 heteroatoms. The number of carbonyl (C=O) groups is 2. The number of hydrogen-bond donors (Lipinski definition) is 0. The molecule has 1 aliphatic heterocycles. The minimum atomic E-state index is -0.150. The molecular weight excluding hydrogens is 362 g/mol. The van der Waals surface area contributed by atoms with Crippen molar-refractivity contribution in [1.29, 1.82) is 0 Å². The van der Waals surface area contributed by atoms with Crippen molar-refractivity contribution in [2.75, 3.05) is 4.90 Å². The molecule has 2 fully saturated rings. The summed E-state index contributed by atoms with van der Waals surface area (Å²) in [5, 5.41) is 0. The van der Waals surface area contributed by atoms with Gasteiger partial charge in [0.1, 0.15) is 11.5 Å². The Morgan fingerprint density at radius 1 is 0.828 bits per heavy atom. The number of rotatable bonds is 3. The number of nitrogens with zero attached hydrogens (tertiary/aromatic N) is 1. The topological polar surface area (TPSA) is 46.6 Å². The molecule has 2 aliphatic rings. The van der Waals surface area contributed by atoms with Crippen molar-refractivity contribution in [2.24, 2.45) is 17.8 Å². The lowest BCUT2D eigenvalue weighted by molar-refractivity contribution is -0.122. The summed E-state index contributed by atoms with van der Waals surface area (Å²) in [7, 11) is 0. The van der Waals surface area contributed by atoms with Gasteiger partial charge in [-0.2, -0.15) is 0 Å². The van der Waals surface area contributed by atoms with E-state index in [1.165, 1.54) is 10.5 Å². The van der Waals surface area contributed by atoms with Crippen LogP contribution in [0.4, 0.5) is 5.69 Å². The van der Waals surface area contributed by atoms with Gasteiger partial charge >= 0.3 is 0 Å². The number of hydrogen-bond acceptors (Lipinski definition) is 3. The van der Waals surface area contributed by atoms with E-state index >= 15 is 0 Å². The number of fused-ring (bicyclic) bond motifs is 1. The van der Waals surface area contributed by atoms with Gasteiger partial charge in [0.05, 0.1) is 17.5 Å². The molecule has 2 aromatic rings. The van der Waals surface area contributed by atoms with E-state index in [0.717, 1.165) is 25.0 Å². The third-order valence-corrected chi connectivity index (χ3v) is 6.24. The monoisotopic (exact) mass is 391 g/mol. The van der Waals surface area contributed by atoms with E-state index in [4.69, 9.17) is 4.74 Å². The number of carbonyl (C=O) groups excluding carboxylic acids is 2. The third-order valence-electron chi connectivity index (χ3n) is 6.24. The van der Waals surface area contributed by atoms with Gasteiger partial charge in [0.2, 0.25) is 11.8 Å². The zero-order valence-electron chi connectivity index (χ0n) is 17.6. The smallest absolute Gasteiger partial charge is 0.237 e. The molecule has 4 rings (SSSR count). The summed E-state index contributed by atoms with van der Waals surface area (Å²) in [6.45, 7) is 8.70. The predicted molar refractivity (Wildman–Crippen MR) is 114 cm³/mol. The SMILES string of the molecule is CC1CCC2C(=O)N(c3ccc(Oc4ccc(C(C)(C)C)cc4)cc3)C(=O)C2C1. The Morgan fingerprint density at radius 2 is 1.38 bits per heavy atom. The Morgan fingerprint density at radius 3 is 1.97 bits per heavy atom. The molecule has 4 nitrogen and oxygen atoms in total. The second kappa shape index (κ2) is 7.33. The van der Waals surface area contributed by atoms with Crippen LogP contribution in [0.25, 0.3) is 0 Å². The molecule has 152 valence electrons. The summed E-state index contributed by atoms with van der Waals surface area (Å²) in [4.78, 5) is 27.1. The van der Waals surface area contributed by atoms with E-state index in [1.807, 2.05) is 24.3 Å². The van der Waals surface area contributed by atoms with Crippen molar-refractivity contribution in [2.45, 2.75) is 52.4 Å². The predicted octanol–water partition coefficient (Wildman–Crippen LogP) is 5.70. The number of anilines is 1. The van der Waals surface area contributed by atoms with Gasteiger partial charge in [0, 0.05) is 0 Å². The zero-order chi connectivity index (χ0) is 20.8. The molecule has 1 heterocycles. The van der Waals surface area contributed by atoms with Gasteiger partial charge in [0.25, 0.3) is 0 Å². The molecule has 3 unspecified atom stereocenters.